The summed E-state index contributed by atoms with van der Waals surface area (Å²) in [4.78, 5) is 17.0. The molecular formula is C19H24N2OS. The number of rotatable bonds is 3. The Bertz CT molecular complexity index is 699. The molecule has 0 bridgehead atoms. The average molecular weight is 328 g/mol. The van der Waals surface area contributed by atoms with Crippen LogP contribution < -0.4 is 5.32 Å². The van der Waals surface area contributed by atoms with Crippen LogP contribution in [0.15, 0.2) is 29.6 Å². The molecule has 0 spiro atoms. The average Bonchev–Trinajstić information content (AvgIpc) is 2.96. The van der Waals surface area contributed by atoms with E-state index in [1.807, 2.05) is 5.38 Å². The molecule has 23 heavy (non-hydrogen) atoms. The number of hydrogen-bond donors (Lipinski definition) is 1. The molecule has 1 aromatic heterocycles. The van der Waals surface area contributed by atoms with Gasteiger partial charge in [0.2, 0.25) is 5.91 Å². The highest BCUT2D eigenvalue weighted by atomic mass is 32.1. The number of nitrogens with zero attached hydrogens (tertiary/aromatic N) is 1. The lowest BCUT2D eigenvalue weighted by atomic mass is 9.81. The van der Waals surface area contributed by atoms with Crippen LogP contribution in [-0.2, 0) is 16.6 Å². The van der Waals surface area contributed by atoms with Crippen molar-refractivity contribution in [1.29, 1.82) is 0 Å². The summed E-state index contributed by atoms with van der Waals surface area (Å²) in [7, 11) is 0. The molecule has 1 unspecified atom stereocenters. The molecule has 1 heterocycles. The number of hydrogen-bond acceptors (Lipinski definition) is 3. The smallest absolute Gasteiger partial charge is 0.226 e. The fraction of sp³-hybridized carbons (Fsp3) is 0.474. The normalized spacial score (nSPS) is 17.6. The summed E-state index contributed by atoms with van der Waals surface area (Å²) in [5, 5.41) is 5.73. The Morgan fingerprint density at radius 3 is 2.87 bits per heavy atom. The third-order valence-corrected chi connectivity index (χ3v) is 5.20. The van der Waals surface area contributed by atoms with Gasteiger partial charge in [-0.15, -0.1) is 11.3 Å². The van der Waals surface area contributed by atoms with E-state index < -0.39 is 0 Å². The van der Waals surface area contributed by atoms with Crippen LogP contribution in [-0.4, -0.2) is 10.9 Å². The molecule has 3 nitrogen and oxygen atoms in total. The SMILES string of the molecule is CC(C)(C)c1csc(NC(=O)CC2CCCc3ccccc32)n1. The third kappa shape index (κ3) is 3.81. The van der Waals surface area contributed by atoms with Gasteiger partial charge in [-0.1, -0.05) is 45.0 Å². The molecule has 1 aliphatic rings. The Hall–Kier alpha value is -1.68. The fourth-order valence-electron chi connectivity index (χ4n) is 3.14. The summed E-state index contributed by atoms with van der Waals surface area (Å²) < 4.78 is 0. The highest BCUT2D eigenvalue weighted by molar-refractivity contribution is 7.13. The minimum atomic E-state index is 0.0157. The molecule has 0 fully saturated rings. The van der Waals surface area contributed by atoms with E-state index in [9.17, 15) is 4.79 Å². The van der Waals surface area contributed by atoms with Crippen LogP contribution in [0.4, 0.5) is 5.13 Å². The van der Waals surface area contributed by atoms with Gasteiger partial charge in [-0.05, 0) is 36.3 Å². The van der Waals surface area contributed by atoms with Crippen molar-refractivity contribution < 1.29 is 4.79 Å². The van der Waals surface area contributed by atoms with Crippen LogP contribution in [0.25, 0.3) is 0 Å². The van der Waals surface area contributed by atoms with Gasteiger partial charge in [-0.3, -0.25) is 4.79 Å². The van der Waals surface area contributed by atoms with Gasteiger partial charge in [0.15, 0.2) is 5.13 Å². The molecule has 1 aliphatic carbocycles. The number of aryl methyl sites for hydroxylation is 1. The summed E-state index contributed by atoms with van der Waals surface area (Å²) in [6, 6.07) is 8.53. The number of thiazole rings is 1. The zero-order valence-electron chi connectivity index (χ0n) is 14.1. The van der Waals surface area contributed by atoms with Crippen LogP contribution >= 0.6 is 11.3 Å². The van der Waals surface area contributed by atoms with Gasteiger partial charge in [0.05, 0.1) is 5.69 Å². The van der Waals surface area contributed by atoms with Crippen molar-refractivity contribution >= 4 is 22.4 Å². The zero-order valence-corrected chi connectivity index (χ0v) is 14.9. The number of carbonyl (C=O) groups is 1. The third-order valence-electron chi connectivity index (χ3n) is 4.44. The molecule has 0 radical (unpaired) electrons. The molecule has 0 aliphatic heterocycles. The van der Waals surface area contributed by atoms with Gasteiger partial charge in [-0.2, -0.15) is 0 Å². The quantitative estimate of drug-likeness (QED) is 0.871. The number of anilines is 1. The van der Waals surface area contributed by atoms with E-state index in [0.717, 1.165) is 18.5 Å². The van der Waals surface area contributed by atoms with Gasteiger partial charge in [0, 0.05) is 17.2 Å². The minimum Gasteiger partial charge on any atom is -0.302 e. The summed E-state index contributed by atoms with van der Waals surface area (Å²) in [6.45, 7) is 6.39. The number of benzene rings is 1. The number of fused-ring (bicyclic) bond motifs is 1. The molecule has 0 saturated carbocycles. The number of amides is 1. The van der Waals surface area contributed by atoms with Crippen molar-refractivity contribution in [3.63, 3.8) is 0 Å². The largest absolute Gasteiger partial charge is 0.302 e. The van der Waals surface area contributed by atoms with Gasteiger partial charge in [0.1, 0.15) is 0 Å². The topological polar surface area (TPSA) is 42.0 Å². The van der Waals surface area contributed by atoms with Crippen molar-refractivity contribution in [2.45, 2.75) is 57.8 Å². The molecule has 1 aromatic carbocycles. The molecule has 1 amide bonds. The molecule has 4 heteroatoms. The van der Waals surface area contributed by atoms with Gasteiger partial charge < -0.3 is 5.32 Å². The maximum atomic E-state index is 12.4. The molecule has 2 aromatic rings. The van der Waals surface area contributed by atoms with Gasteiger partial charge in [-0.25, -0.2) is 4.98 Å². The monoisotopic (exact) mass is 328 g/mol. The van der Waals surface area contributed by atoms with E-state index in [4.69, 9.17) is 0 Å². The Labute approximate surface area is 142 Å². The van der Waals surface area contributed by atoms with Gasteiger partial charge in [0.25, 0.3) is 0 Å². The second-order valence-corrected chi connectivity index (χ2v) is 8.19. The zero-order chi connectivity index (χ0) is 16.4. The van der Waals surface area contributed by atoms with Crippen molar-refractivity contribution in [2.75, 3.05) is 5.32 Å². The summed E-state index contributed by atoms with van der Waals surface area (Å²) >= 11 is 1.51. The highest BCUT2D eigenvalue weighted by Gasteiger charge is 2.23. The van der Waals surface area contributed by atoms with Crippen molar-refractivity contribution in [3.05, 3.63) is 46.5 Å². The predicted octanol–water partition coefficient (Wildman–Crippen LogP) is 4.89. The fourth-order valence-corrected chi connectivity index (χ4v) is 4.09. The Morgan fingerprint density at radius 2 is 2.13 bits per heavy atom. The van der Waals surface area contributed by atoms with E-state index in [1.165, 1.54) is 28.9 Å². The summed E-state index contributed by atoms with van der Waals surface area (Å²) in [5.41, 5.74) is 3.80. The standard InChI is InChI=1S/C19H24N2OS/c1-19(2,3)16-12-23-18(20-16)21-17(22)11-14-9-6-8-13-7-4-5-10-15(13)14/h4-5,7,10,12,14H,6,8-9,11H2,1-3H3,(H,20,21,22). The van der Waals surface area contributed by atoms with E-state index >= 15 is 0 Å². The molecule has 3 rings (SSSR count). The lowest BCUT2D eigenvalue weighted by molar-refractivity contribution is -0.116. The second-order valence-electron chi connectivity index (χ2n) is 7.33. The Kier molecular flexibility index (Phi) is 4.53. The van der Waals surface area contributed by atoms with E-state index in [0.29, 0.717) is 17.5 Å². The number of aromatic nitrogens is 1. The molecule has 1 atom stereocenters. The van der Waals surface area contributed by atoms with Crippen LogP contribution in [0.2, 0.25) is 0 Å². The second kappa shape index (κ2) is 6.44. The van der Waals surface area contributed by atoms with E-state index in [2.05, 4.69) is 55.3 Å². The molecular weight excluding hydrogens is 304 g/mol. The highest BCUT2D eigenvalue weighted by Crippen LogP contribution is 2.34. The predicted molar refractivity (Wildman–Crippen MR) is 96.2 cm³/mol. The first-order valence-electron chi connectivity index (χ1n) is 8.27. The van der Waals surface area contributed by atoms with Crippen LogP contribution in [0, 0.1) is 0 Å². The maximum absolute atomic E-state index is 12.4. The lowest BCUT2D eigenvalue weighted by Crippen LogP contribution is -2.19. The van der Waals surface area contributed by atoms with E-state index in [-0.39, 0.29) is 11.3 Å². The first kappa shape index (κ1) is 16.2. The minimum absolute atomic E-state index is 0.0157. The van der Waals surface area contributed by atoms with Crippen molar-refractivity contribution in [1.82, 2.24) is 4.98 Å². The first-order chi connectivity index (χ1) is 10.9. The van der Waals surface area contributed by atoms with Crippen LogP contribution in [0.1, 0.15) is 62.8 Å². The van der Waals surface area contributed by atoms with E-state index in [1.54, 1.807) is 0 Å². The molecule has 122 valence electrons. The number of carbonyl (C=O) groups excluding carboxylic acids is 1. The first-order valence-corrected chi connectivity index (χ1v) is 9.15. The molecule has 0 saturated heterocycles. The summed E-state index contributed by atoms with van der Waals surface area (Å²) in [6.07, 6.45) is 3.94. The lowest BCUT2D eigenvalue weighted by Gasteiger charge is -2.24. The van der Waals surface area contributed by atoms with Crippen molar-refractivity contribution in [2.24, 2.45) is 0 Å². The van der Waals surface area contributed by atoms with Crippen LogP contribution in [0.3, 0.4) is 0 Å². The Morgan fingerprint density at radius 1 is 1.35 bits per heavy atom. The van der Waals surface area contributed by atoms with Crippen LogP contribution in [0.5, 0.6) is 0 Å². The number of nitrogens with one attached hydrogen (secondary N) is 1. The van der Waals surface area contributed by atoms with Gasteiger partial charge >= 0.3 is 0 Å². The maximum Gasteiger partial charge on any atom is 0.226 e. The van der Waals surface area contributed by atoms with Crippen molar-refractivity contribution in [3.8, 4) is 0 Å². The molecule has 1 N–H and O–H groups in total. The summed E-state index contributed by atoms with van der Waals surface area (Å²) in [5.74, 6) is 0.406. The Balaban J connectivity index is 1.65.